The lowest BCUT2D eigenvalue weighted by atomic mass is 9.82. The van der Waals surface area contributed by atoms with Crippen LogP contribution in [0.3, 0.4) is 0 Å². The molecule has 14 heavy (non-hydrogen) atoms. The van der Waals surface area contributed by atoms with Crippen molar-refractivity contribution in [3.8, 4) is 0 Å². The van der Waals surface area contributed by atoms with Crippen LogP contribution >= 0.6 is 0 Å². The van der Waals surface area contributed by atoms with Crippen LogP contribution in [0.1, 0.15) is 46.0 Å². The molecule has 3 heteroatoms. The maximum atomic E-state index is 10.2. The molecule has 0 aliphatic heterocycles. The Balaban J connectivity index is 2.33. The van der Waals surface area contributed by atoms with Gasteiger partial charge in [-0.25, -0.2) is 4.79 Å². The summed E-state index contributed by atoms with van der Waals surface area (Å²) in [5, 5.41) is 0. The average molecular weight is 197 g/mol. The van der Waals surface area contributed by atoms with Crippen LogP contribution in [0.4, 0.5) is 0 Å². The van der Waals surface area contributed by atoms with Crippen molar-refractivity contribution in [1.29, 1.82) is 0 Å². The molecular weight excluding hydrogens is 178 g/mol. The van der Waals surface area contributed by atoms with Crippen LogP contribution in [0.15, 0.2) is 4.99 Å². The number of nitrogens with zero attached hydrogens (tertiary/aromatic N) is 1. The monoisotopic (exact) mass is 197 g/mol. The summed E-state index contributed by atoms with van der Waals surface area (Å²) in [7, 11) is 0. The molecule has 0 radical (unpaired) electrons. The van der Waals surface area contributed by atoms with Gasteiger partial charge in [-0.15, -0.1) is 0 Å². The van der Waals surface area contributed by atoms with Gasteiger partial charge < -0.3 is 4.74 Å². The zero-order valence-corrected chi connectivity index (χ0v) is 9.08. The average Bonchev–Trinajstić information content (AvgIpc) is 2.17. The van der Waals surface area contributed by atoms with Crippen molar-refractivity contribution in [3.63, 3.8) is 0 Å². The van der Waals surface area contributed by atoms with Crippen LogP contribution < -0.4 is 0 Å². The zero-order chi connectivity index (χ0) is 10.4. The maximum absolute atomic E-state index is 10.2. The Kier molecular flexibility index (Phi) is 4.30. The standard InChI is InChI=1S/C11H19NO2/c1-3-8-14-10-4-6-11(2,7-5-10)12-9-13/h10H,3-8H2,1-2H3. The molecule has 1 saturated carbocycles. The van der Waals surface area contributed by atoms with Crippen molar-refractivity contribution in [2.75, 3.05) is 6.61 Å². The lowest BCUT2D eigenvalue weighted by Crippen LogP contribution is -2.32. The second-order valence-corrected chi connectivity index (χ2v) is 4.27. The van der Waals surface area contributed by atoms with Gasteiger partial charge in [-0.3, -0.25) is 0 Å². The van der Waals surface area contributed by atoms with E-state index in [1.165, 1.54) is 0 Å². The molecule has 1 rings (SSSR count). The molecule has 1 aliphatic carbocycles. The minimum atomic E-state index is -0.173. The van der Waals surface area contributed by atoms with Gasteiger partial charge in [0, 0.05) is 6.61 Å². The lowest BCUT2D eigenvalue weighted by molar-refractivity contribution is 0.0162. The Hall–Kier alpha value is -0.660. The fraction of sp³-hybridized carbons (Fsp3) is 0.909. The first-order valence-corrected chi connectivity index (χ1v) is 5.41. The summed E-state index contributed by atoms with van der Waals surface area (Å²) in [5.41, 5.74) is -0.173. The van der Waals surface area contributed by atoms with Gasteiger partial charge in [0.2, 0.25) is 6.08 Å². The van der Waals surface area contributed by atoms with Gasteiger partial charge in [0.25, 0.3) is 0 Å². The Morgan fingerprint density at radius 2 is 2.14 bits per heavy atom. The normalized spacial score (nSPS) is 32.3. The van der Waals surface area contributed by atoms with E-state index in [0.717, 1.165) is 38.7 Å². The van der Waals surface area contributed by atoms with E-state index in [4.69, 9.17) is 4.74 Å². The molecule has 1 aliphatic rings. The van der Waals surface area contributed by atoms with Crippen LogP contribution in [0, 0.1) is 0 Å². The Bertz CT molecular complexity index is 213. The van der Waals surface area contributed by atoms with Crippen molar-refractivity contribution in [3.05, 3.63) is 0 Å². The number of hydrogen-bond donors (Lipinski definition) is 0. The molecule has 0 aromatic heterocycles. The molecule has 0 N–H and O–H groups in total. The van der Waals surface area contributed by atoms with Gasteiger partial charge in [0.1, 0.15) is 0 Å². The van der Waals surface area contributed by atoms with E-state index in [0.29, 0.717) is 6.10 Å². The molecule has 0 heterocycles. The fourth-order valence-electron chi connectivity index (χ4n) is 1.89. The molecule has 0 aromatic rings. The Morgan fingerprint density at radius 3 is 2.64 bits per heavy atom. The fourth-order valence-corrected chi connectivity index (χ4v) is 1.89. The van der Waals surface area contributed by atoms with Crippen molar-refractivity contribution in [2.45, 2.75) is 57.6 Å². The molecule has 1 fully saturated rings. The van der Waals surface area contributed by atoms with Crippen molar-refractivity contribution >= 4 is 6.08 Å². The second-order valence-electron chi connectivity index (χ2n) is 4.27. The first-order chi connectivity index (χ1) is 6.70. The first-order valence-electron chi connectivity index (χ1n) is 5.41. The summed E-state index contributed by atoms with van der Waals surface area (Å²) in [4.78, 5) is 14.1. The van der Waals surface area contributed by atoms with E-state index >= 15 is 0 Å². The summed E-state index contributed by atoms with van der Waals surface area (Å²) < 4.78 is 5.66. The molecule has 0 bridgehead atoms. The highest BCUT2D eigenvalue weighted by Crippen LogP contribution is 2.32. The second kappa shape index (κ2) is 5.28. The highest BCUT2D eigenvalue weighted by molar-refractivity contribution is 5.34. The number of ether oxygens (including phenoxy) is 1. The number of isocyanates is 1. The van der Waals surface area contributed by atoms with Gasteiger partial charge in [0.15, 0.2) is 0 Å². The molecule has 0 aromatic carbocycles. The van der Waals surface area contributed by atoms with E-state index in [1.54, 1.807) is 6.08 Å². The number of carbonyl (C=O) groups excluding carboxylic acids is 1. The van der Waals surface area contributed by atoms with Crippen molar-refractivity contribution in [2.24, 2.45) is 4.99 Å². The largest absolute Gasteiger partial charge is 0.378 e. The summed E-state index contributed by atoms with van der Waals surface area (Å²) in [6, 6.07) is 0. The van der Waals surface area contributed by atoms with Gasteiger partial charge in [-0.2, -0.15) is 4.99 Å². The van der Waals surface area contributed by atoms with E-state index in [2.05, 4.69) is 11.9 Å². The first kappa shape index (κ1) is 11.4. The van der Waals surface area contributed by atoms with E-state index in [9.17, 15) is 4.79 Å². The summed E-state index contributed by atoms with van der Waals surface area (Å²) in [6.45, 7) is 4.98. The highest BCUT2D eigenvalue weighted by atomic mass is 16.5. The summed E-state index contributed by atoms with van der Waals surface area (Å²) >= 11 is 0. The van der Waals surface area contributed by atoms with Gasteiger partial charge in [-0.05, 0) is 39.0 Å². The number of aliphatic imine (C=N–C) groups is 1. The summed E-state index contributed by atoms with van der Waals surface area (Å²) in [5.74, 6) is 0. The smallest absolute Gasteiger partial charge is 0.235 e. The predicted molar refractivity (Wildman–Crippen MR) is 55.0 cm³/mol. The molecule has 0 spiro atoms. The molecule has 80 valence electrons. The van der Waals surface area contributed by atoms with Crippen LogP contribution in [-0.4, -0.2) is 24.3 Å². The van der Waals surface area contributed by atoms with E-state index in [1.807, 2.05) is 6.92 Å². The zero-order valence-electron chi connectivity index (χ0n) is 9.08. The van der Waals surface area contributed by atoms with Gasteiger partial charge in [-0.1, -0.05) is 6.92 Å². The maximum Gasteiger partial charge on any atom is 0.235 e. The van der Waals surface area contributed by atoms with Crippen LogP contribution in [-0.2, 0) is 9.53 Å². The highest BCUT2D eigenvalue weighted by Gasteiger charge is 2.30. The molecule has 0 saturated heterocycles. The summed E-state index contributed by atoms with van der Waals surface area (Å²) in [6.07, 6.45) is 7.03. The van der Waals surface area contributed by atoms with Crippen LogP contribution in [0.5, 0.6) is 0 Å². The van der Waals surface area contributed by atoms with Crippen LogP contribution in [0.25, 0.3) is 0 Å². The third-order valence-electron chi connectivity index (χ3n) is 2.88. The quantitative estimate of drug-likeness (QED) is 0.513. The van der Waals surface area contributed by atoms with Crippen LogP contribution in [0.2, 0.25) is 0 Å². The Morgan fingerprint density at radius 1 is 1.50 bits per heavy atom. The minimum absolute atomic E-state index is 0.173. The minimum Gasteiger partial charge on any atom is -0.378 e. The third-order valence-corrected chi connectivity index (χ3v) is 2.88. The predicted octanol–water partition coefficient (Wildman–Crippen LogP) is 2.45. The topological polar surface area (TPSA) is 38.7 Å². The number of hydrogen-bond acceptors (Lipinski definition) is 3. The Labute approximate surface area is 85.6 Å². The molecule has 0 amide bonds. The van der Waals surface area contributed by atoms with Gasteiger partial charge >= 0.3 is 0 Å². The van der Waals surface area contributed by atoms with Crippen molar-refractivity contribution < 1.29 is 9.53 Å². The lowest BCUT2D eigenvalue weighted by Gasteiger charge is -2.32. The van der Waals surface area contributed by atoms with Crippen molar-refractivity contribution in [1.82, 2.24) is 0 Å². The third kappa shape index (κ3) is 3.24. The van der Waals surface area contributed by atoms with E-state index < -0.39 is 0 Å². The number of rotatable bonds is 4. The molecule has 0 unspecified atom stereocenters. The van der Waals surface area contributed by atoms with Gasteiger partial charge in [0.05, 0.1) is 11.6 Å². The van der Waals surface area contributed by atoms with E-state index in [-0.39, 0.29) is 5.54 Å². The SMILES string of the molecule is CCCOC1CCC(C)(N=C=O)CC1. The molecule has 0 atom stereocenters. The molecule has 3 nitrogen and oxygen atoms in total. The molecular formula is C11H19NO2.